The molecule has 4 heteroatoms. The van der Waals surface area contributed by atoms with Gasteiger partial charge in [-0.1, -0.05) is 6.92 Å². The Hall–Kier alpha value is -1.29. The number of aryl methyl sites for hydroxylation is 1. The lowest BCUT2D eigenvalue weighted by molar-refractivity contribution is 0.00498. The van der Waals surface area contributed by atoms with Gasteiger partial charge in [0, 0.05) is 12.2 Å². The van der Waals surface area contributed by atoms with Crippen LogP contribution in [-0.2, 0) is 0 Å². The third-order valence-electron chi connectivity index (χ3n) is 4.04. The summed E-state index contributed by atoms with van der Waals surface area (Å²) >= 11 is 0. The van der Waals surface area contributed by atoms with Crippen molar-refractivity contribution in [1.29, 1.82) is 0 Å². The summed E-state index contributed by atoms with van der Waals surface area (Å²) in [6.45, 7) is 4.77. The normalized spacial score (nSPS) is 27.1. The Morgan fingerprint density at radius 3 is 2.79 bits per heavy atom. The second-order valence-electron chi connectivity index (χ2n) is 5.79. The highest BCUT2D eigenvalue weighted by molar-refractivity contribution is 5.56. The van der Waals surface area contributed by atoms with Crippen LogP contribution < -0.4 is 10.1 Å². The lowest BCUT2D eigenvalue weighted by atomic mass is 9.79. The van der Waals surface area contributed by atoms with E-state index in [1.54, 1.807) is 13.3 Å². The van der Waals surface area contributed by atoms with Gasteiger partial charge >= 0.3 is 0 Å². The third kappa shape index (κ3) is 3.60. The fraction of sp³-hybridized carbons (Fsp3) is 0.667. The number of anilines is 1. The monoisotopic (exact) mass is 264 g/mol. The van der Waals surface area contributed by atoms with E-state index in [0.29, 0.717) is 6.54 Å². The maximum atomic E-state index is 10.6. The lowest BCUT2D eigenvalue weighted by Crippen LogP contribution is -2.40. The van der Waals surface area contributed by atoms with E-state index in [4.69, 9.17) is 4.74 Å². The first-order valence-corrected chi connectivity index (χ1v) is 6.99. The number of aromatic nitrogens is 1. The van der Waals surface area contributed by atoms with Gasteiger partial charge in [0.25, 0.3) is 0 Å². The highest BCUT2D eigenvalue weighted by Gasteiger charge is 2.31. The number of nitrogens with zero attached hydrogens (tertiary/aromatic N) is 1. The molecule has 0 atom stereocenters. The van der Waals surface area contributed by atoms with E-state index in [2.05, 4.69) is 17.2 Å². The van der Waals surface area contributed by atoms with Crippen molar-refractivity contribution in [3.63, 3.8) is 0 Å². The van der Waals surface area contributed by atoms with Crippen molar-refractivity contribution in [2.24, 2.45) is 5.92 Å². The summed E-state index contributed by atoms with van der Waals surface area (Å²) in [4.78, 5) is 4.21. The molecule has 1 fully saturated rings. The van der Waals surface area contributed by atoms with Crippen LogP contribution >= 0.6 is 0 Å². The first kappa shape index (κ1) is 14.1. The molecule has 19 heavy (non-hydrogen) atoms. The second kappa shape index (κ2) is 5.78. The number of hydrogen-bond donors (Lipinski definition) is 2. The molecule has 0 aromatic carbocycles. The average molecular weight is 264 g/mol. The Labute approximate surface area is 115 Å². The molecule has 4 nitrogen and oxygen atoms in total. The van der Waals surface area contributed by atoms with Crippen molar-refractivity contribution in [3.05, 3.63) is 18.0 Å². The molecule has 2 rings (SSSR count). The van der Waals surface area contributed by atoms with Crippen LogP contribution in [0.1, 0.15) is 38.3 Å². The Morgan fingerprint density at radius 1 is 1.47 bits per heavy atom. The van der Waals surface area contributed by atoms with Gasteiger partial charge in [0.1, 0.15) is 0 Å². The molecule has 0 saturated heterocycles. The lowest BCUT2D eigenvalue weighted by Gasteiger charge is -2.35. The van der Waals surface area contributed by atoms with Crippen LogP contribution in [0, 0.1) is 12.8 Å². The fourth-order valence-electron chi connectivity index (χ4n) is 2.58. The molecule has 0 amide bonds. The number of pyridine rings is 1. The van der Waals surface area contributed by atoms with Gasteiger partial charge in [0.2, 0.25) is 0 Å². The summed E-state index contributed by atoms with van der Waals surface area (Å²) in [7, 11) is 1.63. The molecule has 1 saturated carbocycles. The highest BCUT2D eigenvalue weighted by Crippen LogP contribution is 2.33. The van der Waals surface area contributed by atoms with Gasteiger partial charge in [-0.25, -0.2) is 0 Å². The zero-order valence-electron chi connectivity index (χ0n) is 12.1. The van der Waals surface area contributed by atoms with Crippen molar-refractivity contribution in [2.75, 3.05) is 19.0 Å². The molecule has 0 unspecified atom stereocenters. The quantitative estimate of drug-likeness (QED) is 0.878. The van der Waals surface area contributed by atoms with Crippen LogP contribution in [-0.4, -0.2) is 29.3 Å². The van der Waals surface area contributed by atoms with Crippen LogP contribution in [0.3, 0.4) is 0 Å². The van der Waals surface area contributed by atoms with Gasteiger partial charge in [0.15, 0.2) is 5.75 Å². The van der Waals surface area contributed by atoms with E-state index >= 15 is 0 Å². The van der Waals surface area contributed by atoms with Crippen LogP contribution in [0.2, 0.25) is 0 Å². The molecular formula is C15H24N2O2. The Kier molecular flexibility index (Phi) is 4.30. The predicted octanol–water partition coefficient (Wildman–Crippen LogP) is 2.75. The first-order chi connectivity index (χ1) is 9.02. The molecule has 106 valence electrons. The van der Waals surface area contributed by atoms with E-state index in [9.17, 15) is 5.11 Å². The van der Waals surface area contributed by atoms with Gasteiger partial charge in [-0.15, -0.1) is 0 Å². The van der Waals surface area contributed by atoms with E-state index in [1.807, 2.05) is 13.0 Å². The largest absolute Gasteiger partial charge is 0.493 e. The van der Waals surface area contributed by atoms with E-state index in [0.717, 1.165) is 48.7 Å². The summed E-state index contributed by atoms with van der Waals surface area (Å²) < 4.78 is 5.28. The summed E-state index contributed by atoms with van der Waals surface area (Å²) in [6, 6.07) is 1.95. The molecule has 0 aliphatic heterocycles. The van der Waals surface area contributed by atoms with Gasteiger partial charge in [-0.3, -0.25) is 4.98 Å². The maximum absolute atomic E-state index is 10.6. The average Bonchev–Trinajstić information content (AvgIpc) is 2.41. The van der Waals surface area contributed by atoms with Gasteiger partial charge in [0.05, 0.1) is 24.6 Å². The standard InChI is InChI=1S/C15H24N2O2/c1-11-4-6-15(18,7-5-11)10-17-13-8-12(2)16-9-14(13)19-3/h8-9,11,18H,4-7,10H2,1-3H3,(H,16,17). The fourth-order valence-corrected chi connectivity index (χ4v) is 2.58. The van der Waals surface area contributed by atoms with Crippen molar-refractivity contribution >= 4 is 5.69 Å². The Morgan fingerprint density at radius 2 is 2.16 bits per heavy atom. The zero-order chi connectivity index (χ0) is 13.9. The number of rotatable bonds is 4. The molecule has 1 aromatic heterocycles. The molecule has 0 spiro atoms. The van der Waals surface area contributed by atoms with Crippen LogP contribution in [0.5, 0.6) is 5.75 Å². The Balaban J connectivity index is 2.00. The highest BCUT2D eigenvalue weighted by atomic mass is 16.5. The topological polar surface area (TPSA) is 54.4 Å². The van der Waals surface area contributed by atoms with Crippen molar-refractivity contribution < 1.29 is 9.84 Å². The first-order valence-electron chi connectivity index (χ1n) is 6.99. The van der Waals surface area contributed by atoms with E-state index in [1.165, 1.54) is 0 Å². The minimum absolute atomic E-state index is 0.569. The molecule has 2 N–H and O–H groups in total. The van der Waals surface area contributed by atoms with Gasteiger partial charge in [-0.2, -0.15) is 0 Å². The summed E-state index contributed by atoms with van der Waals surface area (Å²) in [5.74, 6) is 1.45. The molecule has 0 bridgehead atoms. The molecule has 1 aliphatic rings. The predicted molar refractivity (Wildman–Crippen MR) is 76.6 cm³/mol. The van der Waals surface area contributed by atoms with Gasteiger partial charge in [-0.05, 0) is 44.6 Å². The second-order valence-corrected chi connectivity index (χ2v) is 5.79. The molecule has 0 radical (unpaired) electrons. The minimum atomic E-state index is -0.589. The number of nitrogens with one attached hydrogen (secondary N) is 1. The SMILES string of the molecule is COc1cnc(C)cc1NCC1(O)CCC(C)CC1. The minimum Gasteiger partial charge on any atom is -0.493 e. The van der Waals surface area contributed by atoms with Crippen LogP contribution in [0.25, 0.3) is 0 Å². The van der Waals surface area contributed by atoms with Crippen LogP contribution in [0.4, 0.5) is 5.69 Å². The maximum Gasteiger partial charge on any atom is 0.160 e. The summed E-state index contributed by atoms with van der Waals surface area (Å²) in [5.41, 5.74) is 1.25. The zero-order valence-corrected chi connectivity index (χ0v) is 12.1. The van der Waals surface area contributed by atoms with Crippen molar-refractivity contribution in [1.82, 2.24) is 4.98 Å². The Bertz CT molecular complexity index is 426. The number of hydrogen-bond acceptors (Lipinski definition) is 4. The van der Waals surface area contributed by atoms with E-state index < -0.39 is 5.60 Å². The molecule has 1 aliphatic carbocycles. The van der Waals surface area contributed by atoms with Crippen LogP contribution in [0.15, 0.2) is 12.3 Å². The van der Waals surface area contributed by atoms with E-state index in [-0.39, 0.29) is 0 Å². The summed E-state index contributed by atoms with van der Waals surface area (Å²) in [6.07, 6.45) is 5.65. The number of methoxy groups -OCH3 is 1. The summed E-state index contributed by atoms with van der Waals surface area (Å²) in [5, 5.41) is 13.9. The number of aliphatic hydroxyl groups is 1. The van der Waals surface area contributed by atoms with Crippen molar-refractivity contribution in [2.45, 2.75) is 45.1 Å². The third-order valence-corrected chi connectivity index (χ3v) is 4.04. The van der Waals surface area contributed by atoms with Gasteiger partial charge < -0.3 is 15.2 Å². The smallest absolute Gasteiger partial charge is 0.160 e. The molecule has 1 aromatic rings. The van der Waals surface area contributed by atoms with Crippen molar-refractivity contribution in [3.8, 4) is 5.75 Å². The molecular weight excluding hydrogens is 240 g/mol. The number of ether oxygens (including phenoxy) is 1. The molecule has 1 heterocycles.